The summed E-state index contributed by atoms with van der Waals surface area (Å²) in [4.78, 5) is 27.5. The Morgan fingerprint density at radius 2 is 1.52 bits per heavy atom. The van der Waals surface area contributed by atoms with Crippen molar-refractivity contribution in [2.75, 3.05) is 49.2 Å². The van der Waals surface area contributed by atoms with Crippen molar-refractivity contribution in [1.82, 2.24) is 4.90 Å². The maximum atomic E-state index is 12.1. The third kappa shape index (κ3) is 7.89. The van der Waals surface area contributed by atoms with Gasteiger partial charge < -0.3 is 15.4 Å². The van der Waals surface area contributed by atoms with Crippen LogP contribution in [0.25, 0.3) is 0 Å². The predicted octanol–water partition coefficient (Wildman–Crippen LogP) is 3.47. The van der Waals surface area contributed by atoms with Crippen LogP contribution in [0, 0.1) is 0 Å². The maximum Gasteiger partial charge on any atom is 0.238 e. The van der Waals surface area contributed by atoms with Crippen LogP contribution in [0.2, 0.25) is 0 Å². The Balaban J connectivity index is 1.34. The number of ether oxygens (including phenoxy) is 1. The number of anilines is 2. The number of hydrogen-bond donors (Lipinski definition) is 2. The molecule has 1 aliphatic rings. The first-order chi connectivity index (χ1) is 14.2. The van der Waals surface area contributed by atoms with Crippen molar-refractivity contribution in [2.45, 2.75) is 17.7 Å². The molecule has 0 unspecified atom stereocenters. The summed E-state index contributed by atoms with van der Waals surface area (Å²) >= 11 is 1.76. The van der Waals surface area contributed by atoms with E-state index in [0.717, 1.165) is 36.6 Å². The summed E-state index contributed by atoms with van der Waals surface area (Å²) in [5, 5.41) is 5.79. The van der Waals surface area contributed by atoms with Crippen LogP contribution in [0.3, 0.4) is 0 Å². The standard InChI is InChI=1S/C22H27N3O3S/c26-21(7-4-16-29-20-5-2-1-3-6-20)23-18-8-10-19(11-9-18)24-22(27)17-25-12-14-28-15-13-25/h1-3,5-6,8-11H,4,7,12-17H2,(H,23,26)(H,24,27). The van der Waals surface area contributed by atoms with Gasteiger partial charge in [-0.1, -0.05) is 18.2 Å². The highest BCUT2D eigenvalue weighted by atomic mass is 32.2. The van der Waals surface area contributed by atoms with Crippen LogP contribution < -0.4 is 10.6 Å². The molecule has 0 aliphatic carbocycles. The smallest absolute Gasteiger partial charge is 0.238 e. The van der Waals surface area contributed by atoms with Crippen molar-refractivity contribution in [1.29, 1.82) is 0 Å². The van der Waals surface area contributed by atoms with Gasteiger partial charge in [0.05, 0.1) is 19.8 Å². The maximum absolute atomic E-state index is 12.1. The first kappa shape index (κ1) is 21.4. The molecule has 0 aromatic heterocycles. The lowest BCUT2D eigenvalue weighted by molar-refractivity contribution is -0.118. The van der Waals surface area contributed by atoms with Crippen molar-refractivity contribution < 1.29 is 14.3 Å². The van der Waals surface area contributed by atoms with Crippen LogP contribution >= 0.6 is 11.8 Å². The number of amides is 2. The number of carbonyl (C=O) groups excluding carboxylic acids is 2. The van der Waals surface area contributed by atoms with Gasteiger partial charge in [-0.2, -0.15) is 0 Å². The van der Waals surface area contributed by atoms with Crippen LogP contribution in [0.1, 0.15) is 12.8 Å². The Labute approximate surface area is 176 Å². The average molecular weight is 414 g/mol. The van der Waals surface area contributed by atoms with Crippen LogP contribution in [0.4, 0.5) is 11.4 Å². The van der Waals surface area contributed by atoms with Gasteiger partial charge in [-0.3, -0.25) is 14.5 Å². The molecule has 1 heterocycles. The van der Waals surface area contributed by atoms with E-state index in [1.165, 1.54) is 4.90 Å². The normalized spacial score (nSPS) is 14.3. The van der Waals surface area contributed by atoms with Crippen molar-refractivity contribution in [2.24, 2.45) is 0 Å². The van der Waals surface area contributed by atoms with E-state index in [1.807, 2.05) is 18.2 Å². The molecule has 1 saturated heterocycles. The van der Waals surface area contributed by atoms with E-state index >= 15 is 0 Å². The summed E-state index contributed by atoms with van der Waals surface area (Å²) in [6.45, 7) is 3.27. The van der Waals surface area contributed by atoms with E-state index in [4.69, 9.17) is 4.74 Å². The van der Waals surface area contributed by atoms with E-state index < -0.39 is 0 Å². The fourth-order valence-corrected chi connectivity index (χ4v) is 3.84. The number of carbonyl (C=O) groups is 2. The molecule has 2 N–H and O–H groups in total. The Hall–Kier alpha value is -2.35. The zero-order chi connectivity index (χ0) is 20.3. The topological polar surface area (TPSA) is 70.7 Å². The average Bonchev–Trinajstić information content (AvgIpc) is 2.74. The van der Waals surface area contributed by atoms with Crippen LogP contribution in [-0.2, 0) is 14.3 Å². The summed E-state index contributed by atoms with van der Waals surface area (Å²) < 4.78 is 5.29. The van der Waals surface area contributed by atoms with E-state index in [0.29, 0.717) is 26.2 Å². The molecule has 2 aromatic carbocycles. The van der Waals surface area contributed by atoms with Gasteiger partial charge in [0, 0.05) is 35.8 Å². The number of rotatable bonds is 9. The molecule has 6 nitrogen and oxygen atoms in total. The van der Waals surface area contributed by atoms with Gasteiger partial charge in [0.1, 0.15) is 0 Å². The first-order valence-electron chi connectivity index (χ1n) is 9.87. The van der Waals surface area contributed by atoms with Gasteiger partial charge in [0.2, 0.25) is 11.8 Å². The van der Waals surface area contributed by atoms with Gasteiger partial charge in [-0.05, 0) is 48.6 Å². The highest BCUT2D eigenvalue weighted by Crippen LogP contribution is 2.19. The second kappa shape index (κ2) is 11.6. The van der Waals surface area contributed by atoms with E-state index in [1.54, 1.807) is 36.0 Å². The monoisotopic (exact) mass is 413 g/mol. The van der Waals surface area contributed by atoms with E-state index in [9.17, 15) is 9.59 Å². The summed E-state index contributed by atoms with van der Waals surface area (Å²) in [5.41, 5.74) is 1.46. The second-order valence-corrected chi connectivity index (χ2v) is 8.00. The molecule has 2 amide bonds. The van der Waals surface area contributed by atoms with Crippen LogP contribution in [-0.4, -0.2) is 55.3 Å². The van der Waals surface area contributed by atoms with E-state index in [2.05, 4.69) is 27.7 Å². The molecule has 7 heteroatoms. The lowest BCUT2D eigenvalue weighted by Crippen LogP contribution is -2.41. The second-order valence-electron chi connectivity index (χ2n) is 6.83. The predicted molar refractivity (Wildman–Crippen MR) is 117 cm³/mol. The van der Waals surface area contributed by atoms with Crippen LogP contribution in [0.15, 0.2) is 59.5 Å². The molecular formula is C22H27N3O3S. The molecule has 154 valence electrons. The van der Waals surface area contributed by atoms with Crippen LogP contribution in [0.5, 0.6) is 0 Å². The molecule has 1 aliphatic heterocycles. The summed E-state index contributed by atoms with van der Waals surface area (Å²) in [7, 11) is 0. The minimum absolute atomic E-state index is 0.00256. The third-order valence-electron chi connectivity index (χ3n) is 4.48. The third-order valence-corrected chi connectivity index (χ3v) is 5.58. The molecule has 3 rings (SSSR count). The largest absolute Gasteiger partial charge is 0.379 e. The lowest BCUT2D eigenvalue weighted by atomic mass is 10.2. The van der Waals surface area contributed by atoms with Crippen molar-refractivity contribution in [3.63, 3.8) is 0 Å². The molecule has 1 fully saturated rings. The fraction of sp³-hybridized carbons (Fsp3) is 0.364. The molecular weight excluding hydrogens is 386 g/mol. The molecule has 29 heavy (non-hydrogen) atoms. The van der Waals surface area contributed by atoms with Gasteiger partial charge in [-0.15, -0.1) is 11.8 Å². The Bertz CT molecular complexity index is 778. The quantitative estimate of drug-likeness (QED) is 0.487. The Kier molecular flexibility index (Phi) is 8.55. The SMILES string of the molecule is O=C(CCCSc1ccccc1)Nc1ccc(NC(=O)CN2CCOCC2)cc1. The highest BCUT2D eigenvalue weighted by molar-refractivity contribution is 7.99. The number of hydrogen-bond acceptors (Lipinski definition) is 5. The number of nitrogens with zero attached hydrogens (tertiary/aromatic N) is 1. The van der Waals surface area contributed by atoms with Crippen molar-refractivity contribution in [3.8, 4) is 0 Å². The minimum Gasteiger partial charge on any atom is -0.379 e. The highest BCUT2D eigenvalue weighted by Gasteiger charge is 2.14. The summed E-state index contributed by atoms with van der Waals surface area (Å²) in [6, 6.07) is 17.4. The fourth-order valence-electron chi connectivity index (χ4n) is 2.96. The Morgan fingerprint density at radius 3 is 2.17 bits per heavy atom. The zero-order valence-electron chi connectivity index (χ0n) is 16.4. The van der Waals surface area contributed by atoms with Gasteiger partial charge in [-0.25, -0.2) is 0 Å². The molecule has 0 spiro atoms. The zero-order valence-corrected chi connectivity index (χ0v) is 17.2. The van der Waals surface area contributed by atoms with Gasteiger partial charge >= 0.3 is 0 Å². The number of morpholine rings is 1. The molecule has 0 radical (unpaired) electrons. The first-order valence-corrected chi connectivity index (χ1v) is 10.9. The number of thioether (sulfide) groups is 1. The molecule has 0 bridgehead atoms. The Morgan fingerprint density at radius 1 is 0.897 bits per heavy atom. The van der Waals surface area contributed by atoms with E-state index in [-0.39, 0.29) is 11.8 Å². The number of nitrogens with one attached hydrogen (secondary N) is 2. The minimum atomic E-state index is -0.0420. The molecule has 0 atom stereocenters. The number of benzene rings is 2. The molecule has 2 aromatic rings. The molecule has 0 saturated carbocycles. The lowest BCUT2D eigenvalue weighted by Gasteiger charge is -2.25. The summed E-state index contributed by atoms with van der Waals surface area (Å²) in [5.74, 6) is 0.869. The van der Waals surface area contributed by atoms with Crippen molar-refractivity contribution >= 4 is 35.0 Å². The van der Waals surface area contributed by atoms with Crippen molar-refractivity contribution in [3.05, 3.63) is 54.6 Å². The van der Waals surface area contributed by atoms with Gasteiger partial charge in [0.15, 0.2) is 0 Å². The summed E-state index contributed by atoms with van der Waals surface area (Å²) in [6.07, 6.45) is 1.30. The van der Waals surface area contributed by atoms with Gasteiger partial charge in [0.25, 0.3) is 0 Å².